The molecule has 0 saturated heterocycles. The summed E-state index contributed by atoms with van der Waals surface area (Å²) in [4.78, 5) is 42.5. The lowest BCUT2D eigenvalue weighted by atomic mass is 10.1. The fraction of sp³-hybridized carbons (Fsp3) is 0.250. The van der Waals surface area contributed by atoms with Crippen molar-refractivity contribution in [3.63, 3.8) is 0 Å². The summed E-state index contributed by atoms with van der Waals surface area (Å²) in [5.41, 5.74) is 4.25. The second-order valence-corrected chi connectivity index (χ2v) is 8.91. The van der Waals surface area contributed by atoms with Crippen molar-refractivity contribution in [3.8, 4) is 11.3 Å². The van der Waals surface area contributed by atoms with Crippen LogP contribution < -0.4 is 10.6 Å². The van der Waals surface area contributed by atoms with Gasteiger partial charge in [0.1, 0.15) is 0 Å². The second-order valence-electron chi connectivity index (χ2n) is 8.91. The van der Waals surface area contributed by atoms with Gasteiger partial charge >= 0.3 is 5.97 Å². The third kappa shape index (κ3) is 5.83. The highest BCUT2D eigenvalue weighted by Gasteiger charge is 2.20. The molecule has 4 aromatic rings. The van der Waals surface area contributed by atoms with E-state index in [9.17, 15) is 14.4 Å². The quantitative estimate of drug-likeness (QED) is 0.344. The van der Waals surface area contributed by atoms with Crippen LogP contribution in [0.5, 0.6) is 0 Å². The van der Waals surface area contributed by atoms with Gasteiger partial charge in [0.15, 0.2) is 12.3 Å². The van der Waals surface area contributed by atoms with E-state index in [1.165, 1.54) is 0 Å². The Balaban J connectivity index is 1.54. The average molecular weight is 500 g/mol. The van der Waals surface area contributed by atoms with Crippen molar-refractivity contribution in [1.29, 1.82) is 0 Å². The molecule has 0 fully saturated rings. The Kier molecular flexibility index (Phi) is 7.62. The summed E-state index contributed by atoms with van der Waals surface area (Å²) >= 11 is 0. The first-order valence-corrected chi connectivity index (χ1v) is 12.1. The maximum Gasteiger partial charge on any atom is 0.339 e. The lowest BCUT2D eigenvalue weighted by Gasteiger charge is -2.11. The monoisotopic (exact) mass is 499 g/mol. The SMILES string of the molecule is CCNC(=O)c1cccc(NC(=O)COC(=O)c2cc(-c3ccc(C)cc3)nc3c2cnn3C(C)C)c1. The summed E-state index contributed by atoms with van der Waals surface area (Å²) in [5.74, 6) is -1.42. The summed E-state index contributed by atoms with van der Waals surface area (Å²) in [6.45, 7) is 7.79. The van der Waals surface area contributed by atoms with Crippen LogP contribution in [0.1, 0.15) is 53.1 Å². The van der Waals surface area contributed by atoms with E-state index in [0.29, 0.717) is 34.5 Å². The first-order valence-electron chi connectivity index (χ1n) is 12.1. The molecule has 9 nitrogen and oxygen atoms in total. The van der Waals surface area contributed by atoms with E-state index in [1.54, 1.807) is 41.2 Å². The highest BCUT2D eigenvalue weighted by atomic mass is 16.5. The van der Waals surface area contributed by atoms with Crippen molar-refractivity contribution in [2.45, 2.75) is 33.7 Å². The zero-order valence-electron chi connectivity index (χ0n) is 21.2. The van der Waals surface area contributed by atoms with Gasteiger partial charge in [-0.3, -0.25) is 9.59 Å². The first-order chi connectivity index (χ1) is 17.8. The van der Waals surface area contributed by atoms with E-state index in [0.717, 1.165) is 11.1 Å². The molecule has 0 spiro atoms. The Morgan fingerprint density at radius 3 is 2.51 bits per heavy atom. The Morgan fingerprint density at radius 2 is 1.81 bits per heavy atom. The number of benzene rings is 2. The number of aromatic nitrogens is 3. The highest BCUT2D eigenvalue weighted by Crippen LogP contribution is 2.27. The predicted octanol–water partition coefficient (Wildman–Crippen LogP) is 4.53. The number of ether oxygens (including phenoxy) is 1. The van der Waals surface area contributed by atoms with Gasteiger partial charge in [-0.05, 0) is 52.0 Å². The van der Waals surface area contributed by atoms with Crippen LogP contribution in [0.25, 0.3) is 22.3 Å². The number of anilines is 1. The van der Waals surface area contributed by atoms with Crippen LogP contribution in [-0.2, 0) is 9.53 Å². The second kappa shape index (κ2) is 11.0. The molecule has 0 aliphatic heterocycles. The number of carbonyl (C=O) groups excluding carboxylic acids is 3. The van der Waals surface area contributed by atoms with Gasteiger partial charge in [0.2, 0.25) is 0 Å². The lowest BCUT2D eigenvalue weighted by molar-refractivity contribution is -0.119. The minimum Gasteiger partial charge on any atom is -0.452 e. The van der Waals surface area contributed by atoms with Crippen LogP contribution in [0.4, 0.5) is 5.69 Å². The maximum absolute atomic E-state index is 13.1. The molecule has 0 unspecified atom stereocenters. The largest absolute Gasteiger partial charge is 0.452 e. The molecule has 0 aliphatic carbocycles. The molecule has 190 valence electrons. The summed E-state index contributed by atoms with van der Waals surface area (Å²) in [5, 5.41) is 10.3. The van der Waals surface area contributed by atoms with E-state index >= 15 is 0 Å². The van der Waals surface area contributed by atoms with Crippen LogP contribution in [0.3, 0.4) is 0 Å². The molecule has 0 atom stereocenters. The van der Waals surface area contributed by atoms with Crippen LogP contribution >= 0.6 is 0 Å². The number of rotatable bonds is 8. The Labute approximate surface area is 214 Å². The summed E-state index contributed by atoms with van der Waals surface area (Å²) in [6, 6.07) is 16.1. The molecule has 2 amide bonds. The van der Waals surface area contributed by atoms with Gasteiger partial charge < -0.3 is 15.4 Å². The molecule has 37 heavy (non-hydrogen) atoms. The topological polar surface area (TPSA) is 115 Å². The van der Waals surface area contributed by atoms with E-state index < -0.39 is 18.5 Å². The van der Waals surface area contributed by atoms with E-state index in [1.807, 2.05) is 52.0 Å². The van der Waals surface area contributed by atoms with E-state index in [4.69, 9.17) is 9.72 Å². The number of hydrogen-bond donors (Lipinski definition) is 2. The minimum atomic E-state index is -0.657. The van der Waals surface area contributed by atoms with Crippen LogP contribution in [-0.4, -0.2) is 45.7 Å². The van der Waals surface area contributed by atoms with Crippen LogP contribution in [0, 0.1) is 6.92 Å². The zero-order valence-corrected chi connectivity index (χ0v) is 21.2. The maximum atomic E-state index is 13.1. The smallest absolute Gasteiger partial charge is 0.339 e. The van der Waals surface area contributed by atoms with Crippen molar-refractivity contribution in [1.82, 2.24) is 20.1 Å². The molecule has 9 heteroatoms. The number of esters is 1. The van der Waals surface area contributed by atoms with Crippen molar-refractivity contribution >= 4 is 34.5 Å². The normalized spacial score (nSPS) is 10.9. The van der Waals surface area contributed by atoms with Crippen molar-refractivity contribution in [3.05, 3.63) is 77.5 Å². The number of nitrogens with zero attached hydrogens (tertiary/aromatic N) is 3. The summed E-state index contributed by atoms with van der Waals surface area (Å²) in [7, 11) is 0. The van der Waals surface area contributed by atoms with E-state index in [2.05, 4.69) is 15.7 Å². The number of carbonyl (C=O) groups is 3. The van der Waals surface area contributed by atoms with Gasteiger partial charge in [0.25, 0.3) is 11.8 Å². The number of amides is 2. The third-order valence-electron chi connectivity index (χ3n) is 5.70. The molecule has 2 N–H and O–H groups in total. The fourth-order valence-corrected chi connectivity index (χ4v) is 3.84. The van der Waals surface area contributed by atoms with Gasteiger partial charge in [-0.2, -0.15) is 5.10 Å². The molecule has 0 aliphatic rings. The van der Waals surface area contributed by atoms with Crippen LogP contribution in [0.15, 0.2) is 60.8 Å². The molecule has 2 heterocycles. The lowest BCUT2D eigenvalue weighted by Crippen LogP contribution is -2.23. The number of fused-ring (bicyclic) bond motifs is 1. The van der Waals surface area contributed by atoms with E-state index in [-0.39, 0.29) is 17.5 Å². The highest BCUT2D eigenvalue weighted by molar-refractivity contribution is 6.05. The Bertz CT molecular complexity index is 1460. The molecule has 2 aromatic heterocycles. The molecule has 0 radical (unpaired) electrons. The number of aryl methyl sites for hydroxylation is 1. The molecule has 0 bridgehead atoms. The number of pyridine rings is 1. The summed E-state index contributed by atoms with van der Waals surface area (Å²) in [6.07, 6.45) is 1.59. The van der Waals surface area contributed by atoms with Gasteiger partial charge in [-0.1, -0.05) is 35.9 Å². The summed E-state index contributed by atoms with van der Waals surface area (Å²) < 4.78 is 7.12. The molecular weight excluding hydrogens is 470 g/mol. The predicted molar refractivity (Wildman–Crippen MR) is 141 cm³/mol. The van der Waals surface area contributed by atoms with Gasteiger partial charge in [0.05, 0.1) is 22.8 Å². The van der Waals surface area contributed by atoms with Gasteiger partial charge in [0, 0.05) is 29.4 Å². The first kappa shape index (κ1) is 25.6. The van der Waals surface area contributed by atoms with Gasteiger partial charge in [-0.25, -0.2) is 14.5 Å². The van der Waals surface area contributed by atoms with Crippen molar-refractivity contribution < 1.29 is 19.1 Å². The molecule has 0 saturated carbocycles. The van der Waals surface area contributed by atoms with Gasteiger partial charge in [-0.15, -0.1) is 0 Å². The molecule has 2 aromatic carbocycles. The van der Waals surface area contributed by atoms with Crippen molar-refractivity contribution in [2.24, 2.45) is 0 Å². The number of nitrogens with one attached hydrogen (secondary N) is 2. The average Bonchev–Trinajstić information content (AvgIpc) is 3.32. The molecule has 4 rings (SSSR count). The Morgan fingerprint density at radius 1 is 1.05 bits per heavy atom. The Hall–Kier alpha value is -4.53. The fourth-order valence-electron chi connectivity index (χ4n) is 3.84. The molecular formula is C28H29N5O4. The van der Waals surface area contributed by atoms with Crippen molar-refractivity contribution in [2.75, 3.05) is 18.5 Å². The number of hydrogen-bond acceptors (Lipinski definition) is 6. The zero-order chi connectivity index (χ0) is 26.5. The third-order valence-corrected chi connectivity index (χ3v) is 5.70. The minimum absolute atomic E-state index is 0.0306. The van der Waals surface area contributed by atoms with Crippen LogP contribution in [0.2, 0.25) is 0 Å². The standard InChI is InChI=1S/C28H29N5O4/c1-5-29-27(35)20-7-6-8-21(13-20)31-25(34)16-37-28(36)22-14-24(19-11-9-18(4)10-12-19)32-26-23(22)15-30-33(26)17(2)3/h6-15,17H,5,16H2,1-4H3,(H,29,35)(H,31,34).